The van der Waals surface area contributed by atoms with Gasteiger partial charge in [0, 0.05) is 0 Å². The van der Waals surface area contributed by atoms with Crippen molar-refractivity contribution in [1.82, 2.24) is 0 Å². The molecular weight excluding hydrogens is 114 g/mol. The van der Waals surface area contributed by atoms with Crippen LogP contribution >= 0.6 is 23.2 Å². The Kier molecular flexibility index (Phi) is 8.21. The maximum atomic E-state index is 10.5. The molecule has 0 saturated heterocycles. The fourth-order valence-electron chi connectivity index (χ4n) is 0. The summed E-state index contributed by atoms with van der Waals surface area (Å²) in [5.74, 6) is 0. The van der Waals surface area contributed by atoms with Gasteiger partial charge in [-0.05, 0) is 0 Å². The molecule has 0 aromatic rings. The van der Waals surface area contributed by atoms with Gasteiger partial charge in [-0.1, -0.05) is 30.6 Å². The van der Waals surface area contributed by atoms with Gasteiger partial charge in [-0.15, -0.1) is 0 Å². The van der Waals surface area contributed by atoms with E-state index in [1.165, 1.54) is 0 Å². The van der Waals surface area contributed by atoms with Gasteiger partial charge in [-0.2, -0.15) is 0 Å². The van der Waals surface area contributed by atoms with Crippen LogP contribution in [0.1, 0.15) is 7.43 Å². The summed E-state index contributed by atoms with van der Waals surface area (Å²) in [6, 6.07) is 0. The first-order chi connectivity index (χ1) is 1.73. The normalized spacial score (nSPS) is 7.20. The fourth-order valence-corrected chi connectivity index (χ4v) is 0. The molecule has 5 heavy (non-hydrogen) atoms. The molecule has 0 aliphatic heterocycles. The van der Waals surface area contributed by atoms with Crippen molar-refractivity contribution in [1.29, 1.82) is 0 Å². The number of halogens is 3. The van der Waals surface area contributed by atoms with Crippen molar-refractivity contribution >= 4 is 23.2 Å². The van der Waals surface area contributed by atoms with Gasteiger partial charge in [-0.25, -0.2) is 4.39 Å². The van der Waals surface area contributed by atoms with E-state index >= 15 is 0 Å². The van der Waals surface area contributed by atoms with E-state index < -0.39 is 5.09 Å². The predicted octanol–water partition coefficient (Wildman–Crippen LogP) is 2.35. The van der Waals surface area contributed by atoms with E-state index in [9.17, 15) is 4.39 Å². The molecule has 0 aliphatic rings. The van der Waals surface area contributed by atoms with E-state index in [0.717, 1.165) is 0 Å². The summed E-state index contributed by atoms with van der Waals surface area (Å²) < 4.78 is 10.5. The van der Waals surface area contributed by atoms with Crippen molar-refractivity contribution in [2.45, 2.75) is 12.5 Å². The van der Waals surface area contributed by atoms with E-state index in [2.05, 4.69) is 23.2 Å². The molecule has 0 aromatic heterocycles. The standard InChI is InChI=1S/CHCl2F.CH4/c2-1(3)4;/h1H;1H4. The summed E-state index contributed by atoms with van der Waals surface area (Å²) in [4.78, 5) is 0. The van der Waals surface area contributed by atoms with Crippen molar-refractivity contribution in [2.75, 3.05) is 0 Å². The van der Waals surface area contributed by atoms with E-state index in [1.807, 2.05) is 0 Å². The Balaban J connectivity index is 0. The number of hydrogen-bond acceptors (Lipinski definition) is 0. The molecule has 3 heteroatoms. The summed E-state index contributed by atoms with van der Waals surface area (Å²) in [5, 5.41) is -1.72. The van der Waals surface area contributed by atoms with E-state index in [4.69, 9.17) is 0 Å². The zero-order chi connectivity index (χ0) is 3.58. The van der Waals surface area contributed by atoms with Crippen LogP contribution in [0.3, 0.4) is 0 Å². The molecule has 0 unspecified atom stereocenters. The molecular formula is C2H5Cl2F. The van der Waals surface area contributed by atoms with Crippen molar-refractivity contribution in [3.63, 3.8) is 0 Å². The minimum atomic E-state index is -1.72. The van der Waals surface area contributed by atoms with Gasteiger partial charge >= 0.3 is 0 Å². The van der Waals surface area contributed by atoms with Gasteiger partial charge in [0.2, 0.25) is 5.09 Å². The van der Waals surface area contributed by atoms with Crippen molar-refractivity contribution < 1.29 is 4.39 Å². The molecule has 0 radical (unpaired) electrons. The lowest BCUT2D eigenvalue weighted by atomic mass is 11.8. The molecule has 0 N–H and O–H groups in total. The van der Waals surface area contributed by atoms with Gasteiger partial charge in [-0.3, -0.25) is 0 Å². The highest BCUT2D eigenvalue weighted by molar-refractivity contribution is 6.42. The highest BCUT2D eigenvalue weighted by Gasteiger charge is 1.81. The lowest BCUT2D eigenvalue weighted by molar-refractivity contribution is 0.553. The average Bonchev–Trinajstić information content (AvgIpc) is 0.811. The zero-order valence-corrected chi connectivity index (χ0v) is 3.22. The van der Waals surface area contributed by atoms with Crippen LogP contribution in [0, 0.1) is 0 Å². The average molecular weight is 119 g/mol. The lowest BCUT2D eigenvalue weighted by Gasteiger charge is -1.68. The Morgan fingerprint density at radius 3 is 1.40 bits per heavy atom. The van der Waals surface area contributed by atoms with Crippen molar-refractivity contribution in [3.05, 3.63) is 0 Å². The van der Waals surface area contributed by atoms with Crippen LogP contribution in [0.4, 0.5) is 4.39 Å². The van der Waals surface area contributed by atoms with E-state index in [0.29, 0.717) is 0 Å². The molecule has 0 nitrogen and oxygen atoms in total. The third-order valence-electron chi connectivity index (χ3n) is 0. The van der Waals surface area contributed by atoms with Crippen LogP contribution in [-0.4, -0.2) is 5.09 Å². The van der Waals surface area contributed by atoms with Crippen LogP contribution in [0.5, 0.6) is 0 Å². The monoisotopic (exact) mass is 118 g/mol. The van der Waals surface area contributed by atoms with Crippen LogP contribution in [0.2, 0.25) is 0 Å². The minimum Gasteiger partial charge on any atom is -0.212 e. The molecule has 34 valence electrons. The zero-order valence-electron chi connectivity index (χ0n) is 1.71. The quantitative estimate of drug-likeness (QED) is 0.429. The van der Waals surface area contributed by atoms with Crippen molar-refractivity contribution in [2.24, 2.45) is 0 Å². The molecule has 0 heterocycles. The highest BCUT2D eigenvalue weighted by atomic mass is 35.5. The summed E-state index contributed by atoms with van der Waals surface area (Å²) in [6.07, 6.45) is 0. The first-order valence-corrected chi connectivity index (χ1v) is 1.53. The Hall–Kier alpha value is 0.510. The smallest absolute Gasteiger partial charge is 0.212 e. The Morgan fingerprint density at radius 1 is 1.40 bits per heavy atom. The number of hydrogen-bond donors (Lipinski definition) is 0. The molecule has 0 rings (SSSR count). The second-order valence-electron chi connectivity index (χ2n) is 0.247. The first-order valence-electron chi connectivity index (χ1n) is 0.655. The molecule has 0 saturated carbocycles. The van der Waals surface area contributed by atoms with Crippen LogP contribution in [0.15, 0.2) is 0 Å². The van der Waals surface area contributed by atoms with E-state index in [-0.39, 0.29) is 7.43 Å². The molecule has 0 aliphatic carbocycles. The number of alkyl halides is 3. The largest absolute Gasteiger partial charge is 0.247 e. The minimum absolute atomic E-state index is 0. The molecule has 0 bridgehead atoms. The summed E-state index contributed by atoms with van der Waals surface area (Å²) in [7, 11) is 0. The molecule has 0 aromatic carbocycles. The lowest BCUT2D eigenvalue weighted by Crippen LogP contribution is -1.58. The molecule has 0 spiro atoms. The van der Waals surface area contributed by atoms with Crippen LogP contribution in [-0.2, 0) is 0 Å². The SMILES string of the molecule is C.FC(Cl)Cl. The Labute approximate surface area is 40.9 Å². The van der Waals surface area contributed by atoms with Crippen LogP contribution in [0.25, 0.3) is 0 Å². The summed E-state index contributed by atoms with van der Waals surface area (Å²) in [5.41, 5.74) is 0. The third kappa shape index (κ3) is 109. The van der Waals surface area contributed by atoms with Gasteiger partial charge in [0.1, 0.15) is 0 Å². The molecule has 0 amide bonds. The highest BCUT2D eigenvalue weighted by Crippen LogP contribution is 1.98. The molecule has 0 fully saturated rings. The first kappa shape index (κ1) is 9.10. The van der Waals surface area contributed by atoms with Gasteiger partial charge < -0.3 is 0 Å². The topological polar surface area (TPSA) is 0 Å². The Morgan fingerprint density at radius 2 is 1.40 bits per heavy atom. The maximum Gasteiger partial charge on any atom is 0.247 e. The maximum absolute atomic E-state index is 10.5. The Bertz CT molecular complexity index is 12.4. The van der Waals surface area contributed by atoms with Crippen LogP contribution < -0.4 is 0 Å². The third-order valence-corrected chi connectivity index (χ3v) is 0. The molecule has 0 atom stereocenters. The van der Waals surface area contributed by atoms with Gasteiger partial charge in [0.15, 0.2) is 0 Å². The fraction of sp³-hybridized carbons (Fsp3) is 1.00. The van der Waals surface area contributed by atoms with Crippen molar-refractivity contribution in [3.8, 4) is 0 Å². The second kappa shape index (κ2) is 4.51. The number of rotatable bonds is 0. The van der Waals surface area contributed by atoms with Gasteiger partial charge in [0.25, 0.3) is 0 Å². The van der Waals surface area contributed by atoms with E-state index in [1.54, 1.807) is 0 Å². The summed E-state index contributed by atoms with van der Waals surface area (Å²) >= 11 is 8.75. The summed E-state index contributed by atoms with van der Waals surface area (Å²) in [6.45, 7) is 0. The second-order valence-corrected chi connectivity index (χ2v) is 1.24. The van der Waals surface area contributed by atoms with Gasteiger partial charge in [0.05, 0.1) is 0 Å². The predicted molar refractivity (Wildman–Crippen MR) is 23.3 cm³/mol.